The number of piperidine rings is 1. The molecule has 9 nitrogen and oxygen atoms in total. The van der Waals surface area contributed by atoms with Gasteiger partial charge in [-0.3, -0.25) is 0 Å². The molecule has 4 heterocycles. The number of rotatable bonds is 3. The van der Waals surface area contributed by atoms with E-state index in [9.17, 15) is 8.42 Å². The standard InChI is InChI=1S/C15H20ClN7O2S.ClH/c16-11-7-12(14(17)19-8-11)26(24,25)22-4-1-10(2-5-22)15-21-20-13-9-18-3-6-23(13)15;/h7-8,10,18H,1-6,9H2,(H2,17,19);1H. The van der Waals surface area contributed by atoms with Gasteiger partial charge < -0.3 is 15.6 Å². The molecule has 1 saturated heterocycles. The van der Waals surface area contributed by atoms with Crippen LogP contribution < -0.4 is 11.1 Å². The van der Waals surface area contributed by atoms with E-state index < -0.39 is 10.0 Å². The number of hydrogen-bond acceptors (Lipinski definition) is 7. The summed E-state index contributed by atoms with van der Waals surface area (Å²) in [4.78, 5) is 3.82. The number of sulfonamides is 1. The molecule has 2 aromatic rings. The van der Waals surface area contributed by atoms with Gasteiger partial charge in [0.2, 0.25) is 10.0 Å². The van der Waals surface area contributed by atoms with Crippen molar-refractivity contribution >= 4 is 39.8 Å². The number of anilines is 1. The molecule has 12 heteroatoms. The Morgan fingerprint density at radius 3 is 2.70 bits per heavy atom. The van der Waals surface area contributed by atoms with E-state index in [1.807, 2.05) is 0 Å². The van der Waals surface area contributed by atoms with E-state index in [0.29, 0.717) is 25.9 Å². The maximum Gasteiger partial charge on any atom is 0.246 e. The van der Waals surface area contributed by atoms with Crippen LogP contribution in [0.15, 0.2) is 17.2 Å². The Morgan fingerprint density at radius 1 is 1.22 bits per heavy atom. The summed E-state index contributed by atoms with van der Waals surface area (Å²) in [5.41, 5.74) is 5.76. The van der Waals surface area contributed by atoms with E-state index >= 15 is 0 Å². The summed E-state index contributed by atoms with van der Waals surface area (Å²) in [6, 6.07) is 1.35. The number of hydrogen-bond donors (Lipinski definition) is 2. The normalized spacial score (nSPS) is 18.7. The van der Waals surface area contributed by atoms with E-state index in [2.05, 4.69) is 25.1 Å². The smallest absolute Gasteiger partial charge is 0.246 e. The predicted octanol–water partition coefficient (Wildman–Crippen LogP) is 1.00. The van der Waals surface area contributed by atoms with Crippen LogP contribution in [0.25, 0.3) is 0 Å². The highest BCUT2D eigenvalue weighted by Gasteiger charge is 2.34. The highest BCUT2D eigenvalue weighted by atomic mass is 35.5. The minimum Gasteiger partial charge on any atom is -0.383 e. The van der Waals surface area contributed by atoms with Crippen molar-refractivity contribution in [3.05, 3.63) is 28.9 Å². The van der Waals surface area contributed by atoms with E-state index in [1.165, 1.54) is 16.6 Å². The second-order valence-corrected chi connectivity index (χ2v) is 8.86. The maximum absolute atomic E-state index is 12.9. The van der Waals surface area contributed by atoms with Crippen molar-refractivity contribution in [3.63, 3.8) is 0 Å². The topological polar surface area (TPSA) is 119 Å². The molecule has 27 heavy (non-hydrogen) atoms. The Morgan fingerprint density at radius 2 is 1.96 bits per heavy atom. The van der Waals surface area contributed by atoms with Crippen molar-refractivity contribution in [1.29, 1.82) is 0 Å². The quantitative estimate of drug-likeness (QED) is 0.740. The number of fused-ring (bicyclic) bond motifs is 1. The lowest BCUT2D eigenvalue weighted by Gasteiger charge is -2.31. The molecule has 148 valence electrons. The van der Waals surface area contributed by atoms with Crippen molar-refractivity contribution in [1.82, 2.24) is 29.4 Å². The Labute approximate surface area is 168 Å². The molecule has 0 spiro atoms. The molecule has 0 unspecified atom stereocenters. The third kappa shape index (κ3) is 3.77. The van der Waals surface area contributed by atoms with Gasteiger partial charge in [-0.15, -0.1) is 22.6 Å². The molecule has 0 atom stereocenters. The molecule has 0 aromatic carbocycles. The zero-order valence-electron chi connectivity index (χ0n) is 14.5. The summed E-state index contributed by atoms with van der Waals surface area (Å²) in [5.74, 6) is 2.08. The highest BCUT2D eigenvalue weighted by molar-refractivity contribution is 7.89. The van der Waals surface area contributed by atoms with Gasteiger partial charge in [0.25, 0.3) is 0 Å². The largest absolute Gasteiger partial charge is 0.383 e. The molecule has 0 saturated carbocycles. The van der Waals surface area contributed by atoms with Gasteiger partial charge in [-0.05, 0) is 18.9 Å². The first kappa shape index (κ1) is 20.3. The van der Waals surface area contributed by atoms with E-state index in [4.69, 9.17) is 17.3 Å². The van der Waals surface area contributed by atoms with Crippen LogP contribution in [0.3, 0.4) is 0 Å². The fourth-order valence-corrected chi connectivity index (χ4v) is 5.33. The van der Waals surface area contributed by atoms with Crippen molar-refractivity contribution < 1.29 is 8.42 Å². The summed E-state index contributed by atoms with van der Waals surface area (Å²) in [6.45, 7) is 3.27. The number of nitrogens with zero attached hydrogens (tertiary/aromatic N) is 5. The first-order valence-corrected chi connectivity index (χ1v) is 10.3. The first-order chi connectivity index (χ1) is 12.5. The van der Waals surface area contributed by atoms with Crippen LogP contribution in [0.5, 0.6) is 0 Å². The highest BCUT2D eigenvalue weighted by Crippen LogP contribution is 2.32. The van der Waals surface area contributed by atoms with Gasteiger partial charge in [0, 0.05) is 38.3 Å². The zero-order chi connectivity index (χ0) is 18.3. The maximum atomic E-state index is 12.9. The van der Waals surface area contributed by atoms with Crippen LogP contribution in [0, 0.1) is 0 Å². The molecule has 2 aromatic heterocycles. The lowest BCUT2D eigenvalue weighted by molar-refractivity contribution is 0.307. The van der Waals surface area contributed by atoms with Crippen LogP contribution in [0.4, 0.5) is 5.82 Å². The number of nitrogen functional groups attached to an aromatic ring is 1. The molecule has 0 radical (unpaired) electrons. The van der Waals surface area contributed by atoms with Crippen molar-refractivity contribution in [2.24, 2.45) is 0 Å². The average molecular weight is 434 g/mol. The molecule has 0 aliphatic carbocycles. The van der Waals surface area contributed by atoms with E-state index in [1.54, 1.807) is 0 Å². The Kier molecular flexibility index (Phi) is 5.92. The molecule has 3 N–H and O–H groups in total. The van der Waals surface area contributed by atoms with Crippen molar-refractivity contribution in [3.8, 4) is 0 Å². The first-order valence-electron chi connectivity index (χ1n) is 8.50. The lowest BCUT2D eigenvalue weighted by atomic mass is 9.97. The second kappa shape index (κ2) is 7.88. The minimum absolute atomic E-state index is 0. The second-order valence-electron chi connectivity index (χ2n) is 6.52. The summed E-state index contributed by atoms with van der Waals surface area (Å²) < 4.78 is 29.4. The van der Waals surface area contributed by atoms with Gasteiger partial charge in [-0.1, -0.05) is 11.6 Å². The Bertz CT molecular complexity index is 926. The number of nitrogens with two attached hydrogens (primary N) is 1. The third-order valence-electron chi connectivity index (χ3n) is 4.94. The van der Waals surface area contributed by atoms with E-state index in [-0.39, 0.29) is 34.1 Å². The van der Waals surface area contributed by atoms with Gasteiger partial charge in [0.05, 0.1) is 11.6 Å². The van der Waals surface area contributed by atoms with Crippen LogP contribution in [-0.4, -0.2) is 52.1 Å². The number of halogens is 2. The number of pyridine rings is 1. The van der Waals surface area contributed by atoms with Gasteiger partial charge in [-0.25, -0.2) is 13.4 Å². The third-order valence-corrected chi connectivity index (χ3v) is 7.07. The molecule has 1 fully saturated rings. The monoisotopic (exact) mass is 433 g/mol. The van der Waals surface area contributed by atoms with Gasteiger partial charge >= 0.3 is 0 Å². The summed E-state index contributed by atoms with van der Waals surface area (Å²) in [7, 11) is -3.72. The molecule has 4 rings (SSSR count). The minimum atomic E-state index is -3.72. The van der Waals surface area contributed by atoms with Crippen molar-refractivity contribution in [2.45, 2.75) is 36.7 Å². The summed E-state index contributed by atoms with van der Waals surface area (Å²) in [6.07, 6.45) is 2.73. The number of aromatic nitrogens is 4. The van der Waals surface area contributed by atoms with E-state index in [0.717, 1.165) is 31.3 Å². The average Bonchev–Trinajstić information content (AvgIpc) is 3.08. The van der Waals surface area contributed by atoms with Crippen molar-refractivity contribution in [2.75, 3.05) is 25.4 Å². The molecular formula is C15H21Cl2N7O2S. The number of nitrogens with one attached hydrogen (secondary N) is 1. The molecule has 0 amide bonds. The molecule has 2 aliphatic heterocycles. The summed E-state index contributed by atoms with van der Waals surface area (Å²) >= 11 is 5.90. The van der Waals surface area contributed by atoms with Gasteiger partial charge in [0.15, 0.2) is 0 Å². The van der Waals surface area contributed by atoms with Crippen LogP contribution in [0.2, 0.25) is 5.02 Å². The van der Waals surface area contributed by atoms with Gasteiger partial charge in [0.1, 0.15) is 22.4 Å². The molecule has 0 bridgehead atoms. The van der Waals surface area contributed by atoms with Crippen LogP contribution >= 0.6 is 24.0 Å². The zero-order valence-corrected chi connectivity index (χ0v) is 16.9. The lowest BCUT2D eigenvalue weighted by Crippen LogP contribution is -2.39. The van der Waals surface area contributed by atoms with Gasteiger partial charge in [-0.2, -0.15) is 4.31 Å². The molecular weight excluding hydrogens is 413 g/mol. The predicted molar refractivity (Wildman–Crippen MR) is 103 cm³/mol. The summed E-state index contributed by atoms with van der Waals surface area (Å²) in [5, 5.41) is 12.1. The Hall–Kier alpha value is -1.46. The SMILES string of the molecule is Cl.Nc1ncc(Cl)cc1S(=O)(=O)N1CCC(c2nnc3n2CCNC3)CC1. The van der Waals surface area contributed by atoms with Crippen LogP contribution in [-0.2, 0) is 23.1 Å². The fraction of sp³-hybridized carbons (Fsp3) is 0.533. The Balaban J connectivity index is 0.00000210. The van der Waals surface area contributed by atoms with Crippen LogP contribution in [0.1, 0.15) is 30.4 Å². The molecule has 2 aliphatic rings. The fourth-order valence-electron chi connectivity index (χ4n) is 3.55.